The van der Waals surface area contributed by atoms with Crippen LogP contribution >= 0.6 is 12.2 Å². The number of anilines is 2. The van der Waals surface area contributed by atoms with Gasteiger partial charge in [-0.3, -0.25) is 14.4 Å². The van der Waals surface area contributed by atoms with E-state index >= 15 is 0 Å². The van der Waals surface area contributed by atoms with E-state index in [2.05, 4.69) is 10.6 Å². The lowest BCUT2D eigenvalue weighted by Crippen LogP contribution is -2.33. The third-order valence-electron chi connectivity index (χ3n) is 5.71. The number of thiocarbonyl (C=S) groups is 1. The van der Waals surface area contributed by atoms with Crippen molar-refractivity contribution < 1.29 is 27.5 Å². The fraction of sp³-hybridized carbons (Fsp3) is 0.103. The minimum Gasteiger partial charge on any atom is -0.496 e. The van der Waals surface area contributed by atoms with Crippen molar-refractivity contribution in [2.75, 3.05) is 16.7 Å². The first-order valence-corrected chi connectivity index (χ1v) is 13.9. The number of aliphatic hydroxyl groups is 1. The second-order valence-electron chi connectivity index (χ2n) is 8.42. The van der Waals surface area contributed by atoms with Crippen molar-refractivity contribution in [2.45, 2.75) is 18.0 Å². The minimum atomic E-state index is -3.99. The van der Waals surface area contributed by atoms with Gasteiger partial charge in [-0.25, -0.2) is 8.42 Å². The number of para-hydroxylation sites is 2. The predicted octanol–water partition coefficient (Wildman–Crippen LogP) is 4.70. The van der Waals surface area contributed by atoms with Gasteiger partial charge in [-0.1, -0.05) is 36.4 Å². The number of carbonyl (C=O) groups excluding carboxylic acids is 1. The van der Waals surface area contributed by atoms with E-state index in [-0.39, 0.29) is 23.2 Å². The average molecular weight is 578 g/mol. The van der Waals surface area contributed by atoms with Crippen molar-refractivity contribution in [3.05, 3.63) is 114 Å². The summed E-state index contributed by atoms with van der Waals surface area (Å²) >= 11 is 5.23. The molecule has 1 amide bonds. The van der Waals surface area contributed by atoms with Gasteiger partial charge in [-0.05, 0) is 72.9 Å². The number of ether oxygens (including phenoxy) is 1. The van der Waals surface area contributed by atoms with Gasteiger partial charge in [0.25, 0.3) is 10.0 Å². The van der Waals surface area contributed by atoms with E-state index in [0.717, 1.165) is 5.56 Å². The number of aliphatic hydroxyl groups excluding tert-OH is 1. The van der Waals surface area contributed by atoms with Crippen molar-refractivity contribution in [1.29, 1.82) is 0 Å². The lowest BCUT2D eigenvalue weighted by Gasteiger charge is -2.24. The molecular formula is C29H27N3O6S2. The third kappa shape index (κ3) is 7.14. The van der Waals surface area contributed by atoms with Crippen LogP contribution in [0.3, 0.4) is 0 Å². The van der Waals surface area contributed by atoms with Gasteiger partial charge in [-0.2, -0.15) is 0 Å². The Morgan fingerprint density at radius 3 is 2.33 bits per heavy atom. The van der Waals surface area contributed by atoms with E-state index in [0.29, 0.717) is 28.6 Å². The van der Waals surface area contributed by atoms with Crippen molar-refractivity contribution >= 4 is 50.7 Å². The van der Waals surface area contributed by atoms with Crippen LogP contribution in [0.5, 0.6) is 5.75 Å². The molecule has 4 aromatic rings. The second kappa shape index (κ2) is 13.1. The van der Waals surface area contributed by atoms with Crippen molar-refractivity contribution in [2.24, 2.45) is 0 Å². The summed E-state index contributed by atoms with van der Waals surface area (Å²) in [5.74, 6) is 0.917. The van der Waals surface area contributed by atoms with Crippen LogP contribution in [-0.4, -0.2) is 31.7 Å². The van der Waals surface area contributed by atoms with Crippen LogP contribution in [0.1, 0.15) is 17.1 Å². The van der Waals surface area contributed by atoms with Gasteiger partial charge in [0.05, 0.1) is 24.2 Å². The van der Waals surface area contributed by atoms with E-state index in [1.165, 1.54) is 22.5 Å². The quantitative estimate of drug-likeness (QED) is 0.183. The molecule has 0 spiro atoms. The molecule has 3 aromatic carbocycles. The van der Waals surface area contributed by atoms with Gasteiger partial charge in [0, 0.05) is 17.3 Å². The summed E-state index contributed by atoms with van der Waals surface area (Å²) in [4.78, 5) is 12.4. The Morgan fingerprint density at radius 2 is 1.65 bits per heavy atom. The monoisotopic (exact) mass is 577 g/mol. The number of hydrogen-bond donors (Lipinski definition) is 3. The molecule has 9 nitrogen and oxygen atoms in total. The smallest absolute Gasteiger partial charge is 0.264 e. The molecule has 11 heteroatoms. The molecule has 1 heterocycles. The Labute approximate surface area is 237 Å². The Kier molecular flexibility index (Phi) is 9.33. The van der Waals surface area contributed by atoms with E-state index < -0.39 is 15.9 Å². The molecular weight excluding hydrogens is 550 g/mol. The van der Waals surface area contributed by atoms with Gasteiger partial charge in [0.15, 0.2) is 5.11 Å². The lowest BCUT2D eigenvalue weighted by atomic mass is 10.2. The van der Waals surface area contributed by atoms with Crippen LogP contribution in [0.2, 0.25) is 0 Å². The maximum absolute atomic E-state index is 13.6. The fourth-order valence-electron chi connectivity index (χ4n) is 3.77. The Hall–Kier alpha value is -4.45. The molecule has 0 radical (unpaired) electrons. The van der Waals surface area contributed by atoms with E-state index in [1.807, 2.05) is 18.2 Å². The molecule has 3 N–H and O–H groups in total. The van der Waals surface area contributed by atoms with Crippen LogP contribution in [0.15, 0.2) is 106 Å². The summed E-state index contributed by atoms with van der Waals surface area (Å²) in [6.07, 6.45) is 2.95. The van der Waals surface area contributed by atoms with Gasteiger partial charge in [0.1, 0.15) is 23.9 Å². The zero-order valence-corrected chi connectivity index (χ0v) is 23.1. The van der Waals surface area contributed by atoms with Crippen molar-refractivity contribution in [3.8, 4) is 5.75 Å². The number of nitrogens with zero attached hydrogens (tertiary/aromatic N) is 1. The minimum absolute atomic E-state index is 0.0468. The first kappa shape index (κ1) is 28.6. The number of methoxy groups -OCH3 is 1. The number of furan rings is 1. The fourth-order valence-corrected chi connectivity index (χ4v) is 5.42. The van der Waals surface area contributed by atoms with Gasteiger partial charge < -0.3 is 19.6 Å². The maximum Gasteiger partial charge on any atom is 0.264 e. The molecule has 0 bridgehead atoms. The number of nitrogens with one attached hydrogen (secondary N) is 2. The average Bonchev–Trinajstić information content (AvgIpc) is 3.43. The molecule has 1 aromatic heterocycles. The first-order chi connectivity index (χ1) is 19.3. The molecule has 0 aliphatic heterocycles. The highest BCUT2D eigenvalue weighted by atomic mass is 32.2. The molecule has 0 aliphatic rings. The summed E-state index contributed by atoms with van der Waals surface area (Å²) < 4.78 is 39.3. The Morgan fingerprint density at radius 1 is 0.975 bits per heavy atom. The first-order valence-electron chi connectivity index (χ1n) is 12.1. The standard InChI is InChI=1S/C29H27N3O6S2/c1-37-27-10-6-5-7-21(27)11-18-28(34)31-29(39)30-22-12-16-26(17-13-22)40(35,36)32(23-8-3-2-4-9-23)19-24-14-15-25(20-33)38-24/h2-18,33H,19-20H2,1H3,(H2,30,31,34,39)/b18-11+. The maximum atomic E-state index is 13.6. The van der Waals surface area contributed by atoms with Crippen LogP contribution in [0.4, 0.5) is 11.4 Å². The lowest BCUT2D eigenvalue weighted by molar-refractivity contribution is -0.115. The molecule has 0 aliphatic carbocycles. The van der Waals surface area contributed by atoms with E-state index in [9.17, 15) is 18.3 Å². The predicted molar refractivity (Wildman–Crippen MR) is 157 cm³/mol. The largest absolute Gasteiger partial charge is 0.496 e. The number of sulfonamides is 1. The summed E-state index contributed by atoms with van der Waals surface area (Å²) in [6.45, 7) is -0.349. The molecule has 0 saturated heterocycles. The van der Waals surface area contributed by atoms with E-state index in [4.69, 9.17) is 21.4 Å². The van der Waals surface area contributed by atoms with Gasteiger partial charge in [0.2, 0.25) is 5.91 Å². The molecule has 0 fully saturated rings. The summed E-state index contributed by atoms with van der Waals surface area (Å²) in [5.41, 5.74) is 1.68. The Bertz CT molecular complexity index is 1600. The van der Waals surface area contributed by atoms with Crippen LogP contribution < -0.4 is 19.7 Å². The number of hydrogen-bond acceptors (Lipinski definition) is 7. The second-order valence-corrected chi connectivity index (χ2v) is 10.7. The van der Waals surface area contributed by atoms with Gasteiger partial charge in [-0.15, -0.1) is 0 Å². The SMILES string of the molecule is COc1ccccc1/C=C/C(=O)NC(=S)Nc1ccc(S(=O)(=O)N(Cc2ccc(CO)o2)c2ccccc2)cc1. The van der Waals surface area contributed by atoms with Crippen molar-refractivity contribution in [1.82, 2.24) is 5.32 Å². The molecule has 4 rings (SSSR count). The van der Waals surface area contributed by atoms with E-state index in [1.54, 1.807) is 73.8 Å². The van der Waals surface area contributed by atoms with Crippen molar-refractivity contribution in [3.63, 3.8) is 0 Å². The number of rotatable bonds is 10. The highest BCUT2D eigenvalue weighted by molar-refractivity contribution is 7.92. The van der Waals surface area contributed by atoms with Crippen LogP contribution in [0, 0.1) is 0 Å². The number of carbonyl (C=O) groups is 1. The normalized spacial score (nSPS) is 11.2. The summed E-state index contributed by atoms with van der Waals surface area (Å²) in [7, 11) is -2.44. The molecule has 0 saturated carbocycles. The summed E-state index contributed by atoms with van der Waals surface area (Å²) in [6, 6.07) is 25.1. The third-order valence-corrected chi connectivity index (χ3v) is 7.70. The Balaban J connectivity index is 1.44. The van der Waals surface area contributed by atoms with Crippen LogP contribution in [0.25, 0.3) is 6.08 Å². The number of amides is 1. The highest BCUT2D eigenvalue weighted by Gasteiger charge is 2.26. The zero-order chi connectivity index (χ0) is 28.5. The topological polar surface area (TPSA) is 121 Å². The molecule has 0 atom stereocenters. The highest BCUT2D eigenvalue weighted by Crippen LogP contribution is 2.27. The van der Waals surface area contributed by atoms with Gasteiger partial charge >= 0.3 is 0 Å². The summed E-state index contributed by atoms with van der Waals surface area (Å²) in [5, 5.41) is 14.8. The van der Waals surface area contributed by atoms with Crippen LogP contribution in [-0.2, 0) is 28.0 Å². The molecule has 40 heavy (non-hydrogen) atoms. The molecule has 206 valence electrons. The zero-order valence-electron chi connectivity index (χ0n) is 21.5. The molecule has 0 unspecified atom stereocenters. The number of benzene rings is 3.